The molecule has 0 saturated heterocycles. The van der Waals surface area contributed by atoms with Crippen molar-refractivity contribution in [3.8, 4) is 12.1 Å². The van der Waals surface area contributed by atoms with Crippen molar-refractivity contribution in [3.63, 3.8) is 0 Å². The fourth-order valence-corrected chi connectivity index (χ4v) is 1.12. The normalized spacial score (nSPS) is 8.71. The first-order chi connectivity index (χ1) is 6.70. The van der Waals surface area contributed by atoms with E-state index in [4.69, 9.17) is 10.5 Å². The van der Waals surface area contributed by atoms with E-state index < -0.39 is 4.92 Å². The van der Waals surface area contributed by atoms with Gasteiger partial charge in [0.2, 0.25) is 0 Å². The van der Waals surface area contributed by atoms with Crippen molar-refractivity contribution in [1.82, 2.24) is 0 Å². The molecule has 0 aromatic heterocycles. The first kappa shape index (κ1) is 9.69. The Morgan fingerprint density at radius 1 is 1.43 bits per heavy atom. The van der Waals surface area contributed by atoms with Crippen LogP contribution in [0.15, 0.2) is 18.2 Å². The van der Waals surface area contributed by atoms with E-state index in [2.05, 4.69) is 0 Å². The van der Waals surface area contributed by atoms with Crippen molar-refractivity contribution in [2.24, 2.45) is 0 Å². The first-order valence-electron chi connectivity index (χ1n) is 3.74. The smallest absolute Gasteiger partial charge is 0.258 e. The molecule has 0 N–H and O–H groups in total. The number of hydrogen-bond donors (Lipinski definition) is 0. The molecule has 0 aliphatic carbocycles. The zero-order valence-electron chi connectivity index (χ0n) is 7.10. The van der Waals surface area contributed by atoms with Gasteiger partial charge in [0.15, 0.2) is 0 Å². The van der Waals surface area contributed by atoms with Gasteiger partial charge in [-0.1, -0.05) is 12.1 Å². The van der Waals surface area contributed by atoms with Crippen LogP contribution in [0.25, 0.3) is 0 Å². The van der Waals surface area contributed by atoms with Crippen LogP contribution in [0.2, 0.25) is 0 Å². The van der Waals surface area contributed by atoms with E-state index in [1.54, 1.807) is 6.07 Å². The number of nitriles is 2. The SMILES string of the molecule is N#CCc1cccc(C#N)c1[N+](=O)[O-]. The maximum absolute atomic E-state index is 10.6. The van der Waals surface area contributed by atoms with Gasteiger partial charge in [-0.05, 0) is 6.07 Å². The minimum absolute atomic E-state index is 0.0113. The van der Waals surface area contributed by atoms with Crippen molar-refractivity contribution in [1.29, 1.82) is 10.5 Å². The average molecular weight is 187 g/mol. The highest BCUT2D eigenvalue weighted by Gasteiger charge is 2.18. The molecule has 0 unspecified atom stereocenters. The van der Waals surface area contributed by atoms with Gasteiger partial charge in [-0.25, -0.2) is 0 Å². The van der Waals surface area contributed by atoms with E-state index in [0.717, 1.165) is 0 Å². The van der Waals surface area contributed by atoms with Crippen molar-refractivity contribution < 1.29 is 4.92 Å². The fourth-order valence-electron chi connectivity index (χ4n) is 1.12. The number of benzene rings is 1. The molecular formula is C9H5N3O2. The van der Waals surface area contributed by atoms with Crippen LogP contribution in [0, 0.1) is 32.8 Å². The number of nitro groups is 1. The lowest BCUT2D eigenvalue weighted by Gasteiger charge is -1.98. The molecule has 0 spiro atoms. The van der Waals surface area contributed by atoms with Gasteiger partial charge in [-0.2, -0.15) is 10.5 Å². The molecule has 5 heteroatoms. The summed E-state index contributed by atoms with van der Waals surface area (Å²) in [5.74, 6) is 0. The van der Waals surface area contributed by atoms with Gasteiger partial charge in [0, 0.05) is 5.56 Å². The number of hydrogen-bond acceptors (Lipinski definition) is 4. The first-order valence-corrected chi connectivity index (χ1v) is 3.74. The third-order valence-corrected chi connectivity index (χ3v) is 1.69. The van der Waals surface area contributed by atoms with Crippen LogP contribution >= 0.6 is 0 Å². The zero-order chi connectivity index (χ0) is 10.6. The molecule has 5 nitrogen and oxygen atoms in total. The summed E-state index contributed by atoms with van der Waals surface area (Å²) < 4.78 is 0. The van der Waals surface area contributed by atoms with Crippen LogP contribution in [0.1, 0.15) is 11.1 Å². The minimum Gasteiger partial charge on any atom is -0.258 e. The Morgan fingerprint density at radius 2 is 2.14 bits per heavy atom. The van der Waals surface area contributed by atoms with E-state index in [1.807, 2.05) is 6.07 Å². The van der Waals surface area contributed by atoms with Gasteiger partial charge in [0.1, 0.15) is 11.6 Å². The Hall–Kier alpha value is -2.40. The lowest BCUT2D eigenvalue weighted by atomic mass is 10.1. The molecule has 0 atom stereocenters. The predicted molar refractivity (Wildman–Crippen MR) is 47.1 cm³/mol. The Bertz CT molecular complexity index is 454. The Labute approximate surface area is 80.0 Å². The van der Waals surface area contributed by atoms with Gasteiger partial charge in [0.05, 0.1) is 17.4 Å². The van der Waals surface area contributed by atoms with Gasteiger partial charge < -0.3 is 0 Å². The largest absolute Gasteiger partial charge is 0.291 e. The monoisotopic (exact) mass is 187 g/mol. The second-order valence-corrected chi connectivity index (χ2v) is 2.52. The topological polar surface area (TPSA) is 90.7 Å². The fraction of sp³-hybridized carbons (Fsp3) is 0.111. The minimum atomic E-state index is -0.634. The van der Waals surface area contributed by atoms with E-state index in [1.165, 1.54) is 18.2 Å². The lowest BCUT2D eigenvalue weighted by Crippen LogP contribution is -1.97. The van der Waals surface area contributed by atoms with Crippen molar-refractivity contribution >= 4 is 5.69 Å². The highest BCUT2D eigenvalue weighted by Crippen LogP contribution is 2.23. The van der Waals surface area contributed by atoms with E-state index in [0.29, 0.717) is 0 Å². The molecule has 1 rings (SSSR count). The number of para-hydroxylation sites is 1. The molecule has 0 bridgehead atoms. The Balaban J connectivity index is 3.39. The van der Waals surface area contributed by atoms with Gasteiger partial charge in [0.25, 0.3) is 5.69 Å². The van der Waals surface area contributed by atoms with E-state index in [-0.39, 0.29) is 23.2 Å². The summed E-state index contributed by atoms with van der Waals surface area (Å²) in [7, 11) is 0. The maximum atomic E-state index is 10.6. The summed E-state index contributed by atoms with van der Waals surface area (Å²) in [6.45, 7) is 0. The molecule has 0 aliphatic heterocycles. The summed E-state index contributed by atoms with van der Waals surface area (Å²) in [6.07, 6.45) is -0.0637. The van der Waals surface area contributed by atoms with Crippen molar-refractivity contribution in [3.05, 3.63) is 39.4 Å². The predicted octanol–water partition coefficient (Wildman–Crippen LogP) is 1.53. The van der Waals surface area contributed by atoms with Crippen molar-refractivity contribution in [2.45, 2.75) is 6.42 Å². The molecule has 0 radical (unpaired) electrons. The van der Waals surface area contributed by atoms with Gasteiger partial charge in [-0.15, -0.1) is 0 Å². The number of rotatable bonds is 2. The van der Waals surface area contributed by atoms with Crippen LogP contribution < -0.4 is 0 Å². The third-order valence-electron chi connectivity index (χ3n) is 1.69. The Morgan fingerprint density at radius 3 is 2.64 bits per heavy atom. The molecule has 1 aromatic rings. The maximum Gasteiger partial charge on any atom is 0.291 e. The number of nitrogens with zero attached hydrogens (tertiary/aromatic N) is 3. The molecular weight excluding hydrogens is 182 g/mol. The standard InChI is InChI=1S/C9H5N3O2/c10-5-4-7-2-1-3-8(6-11)9(7)12(13)14/h1-3H,4H2. The molecule has 1 aromatic carbocycles. The molecule has 0 fully saturated rings. The van der Waals surface area contributed by atoms with Crippen molar-refractivity contribution in [2.75, 3.05) is 0 Å². The number of nitro benzene ring substituents is 1. The van der Waals surface area contributed by atoms with E-state index >= 15 is 0 Å². The van der Waals surface area contributed by atoms with Crippen LogP contribution in [0.4, 0.5) is 5.69 Å². The summed E-state index contributed by atoms with van der Waals surface area (Å²) in [4.78, 5) is 9.99. The van der Waals surface area contributed by atoms with Crippen LogP contribution in [0.3, 0.4) is 0 Å². The zero-order valence-corrected chi connectivity index (χ0v) is 7.10. The molecule has 0 aliphatic rings. The highest BCUT2D eigenvalue weighted by atomic mass is 16.6. The lowest BCUT2D eigenvalue weighted by molar-refractivity contribution is -0.385. The molecule has 68 valence electrons. The van der Waals surface area contributed by atoms with Crippen LogP contribution in [-0.4, -0.2) is 4.92 Å². The molecule has 0 saturated carbocycles. The highest BCUT2D eigenvalue weighted by molar-refractivity contribution is 5.54. The van der Waals surface area contributed by atoms with Gasteiger partial charge >= 0.3 is 0 Å². The third kappa shape index (κ3) is 1.67. The van der Waals surface area contributed by atoms with E-state index in [9.17, 15) is 10.1 Å². The van der Waals surface area contributed by atoms with Crippen LogP contribution in [0.5, 0.6) is 0 Å². The molecule has 0 amide bonds. The van der Waals surface area contributed by atoms with Crippen LogP contribution in [-0.2, 0) is 6.42 Å². The summed E-state index contributed by atoms with van der Waals surface area (Å²) >= 11 is 0. The average Bonchev–Trinajstić information content (AvgIpc) is 2.17. The van der Waals surface area contributed by atoms with Gasteiger partial charge in [-0.3, -0.25) is 10.1 Å². The quantitative estimate of drug-likeness (QED) is 0.518. The second kappa shape index (κ2) is 4.01. The Kier molecular flexibility index (Phi) is 2.78. The summed E-state index contributed by atoms with van der Waals surface area (Å²) in [6, 6.07) is 7.90. The summed E-state index contributed by atoms with van der Waals surface area (Å²) in [5.41, 5.74) is -0.00384. The summed E-state index contributed by atoms with van der Waals surface area (Å²) in [5, 5.41) is 27.7. The second-order valence-electron chi connectivity index (χ2n) is 2.52. The molecule has 0 heterocycles. The molecule has 14 heavy (non-hydrogen) atoms.